The molecule has 2 aliphatic carbocycles. The lowest BCUT2D eigenvalue weighted by Gasteiger charge is -2.58. The highest BCUT2D eigenvalue weighted by molar-refractivity contribution is 5.66. The topological polar surface area (TPSA) is 57.5 Å². The number of aliphatic hydroxyl groups is 1. The Balaban J connectivity index is 2.14. The quantitative estimate of drug-likeness (QED) is 0.700. The fourth-order valence-corrected chi connectivity index (χ4v) is 5.66. The molecule has 0 heterocycles. The molecule has 23 heavy (non-hydrogen) atoms. The maximum atomic E-state index is 10.9. The van der Waals surface area contributed by atoms with Crippen LogP contribution in [0.4, 0.5) is 0 Å². The Morgan fingerprint density at radius 3 is 2.70 bits per heavy atom. The van der Waals surface area contributed by atoms with Crippen LogP contribution in [0.1, 0.15) is 72.1 Å². The standard InChI is InChI=1S/C20H34O3/c1-14(12-18(22)23)6-8-16-15(2)7-9-17-19(3,13-21)10-5-11-20(16,17)4/h14,16-17,21H,2,5-13H2,1,3-4H3,(H,22,23)/t14?,16-,17?,19-,20+/m0/s1. The Bertz CT molecular complexity index is 458. The van der Waals surface area contributed by atoms with Crippen molar-refractivity contribution in [2.24, 2.45) is 28.6 Å². The average Bonchev–Trinajstić information content (AvgIpc) is 2.45. The lowest BCUT2D eigenvalue weighted by Crippen LogP contribution is -2.51. The van der Waals surface area contributed by atoms with E-state index in [9.17, 15) is 9.90 Å². The van der Waals surface area contributed by atoms with E-state index in [0.29, 0.717) is 11.8 Å². The van der Waals surface area contributed by atoms with Crippen LogP contribution in [-0.4, -0.2) is 22.8 Å². The zero-order chi connectivity index (χ0) is 17.3. The van der Waals surface area contributed by atoms with Crippen molar-refractivity contribution in [3.8, 4) is 0 Å². The van der Waals surface area contributed by atoms with E-state index in [1.54, 1.807) is 0 Å². The molecule has 3 nitrogen and oxygen atoms in total. The van der Waals surface area contributed by atoms with Gasteiger partial charge in [0, 0.05) is 13.0 Å². The Morgan fingerprint density at radius 1 is 1.39 bits per heavy atom. The lowest BCUT2D eigenvalue weighted by molar-refractivity contribution is -0.138. The monoisotopic (exact) mass is 322 g/mol. The SMILES string of the molecule is C=C1CCC2[C@](C)(CO)CCC[C@]2(C)[C@H]1CCC(C)CC(=O)O. The van der Waals surface area contributed by atoms with Crippen LogP contribution in [-0.2, 0) is 4.79 Å². The van der Waals surface area contributed by atoms with Crippen molar-refractivity contribution in [1.82, 2.24) is 0 Å². The summed E-state index contributed by atoms with van der Waals surface area (Å²) in [6, 6.07) is 0. The number of allylic oxidation sites excluding steroid dienone is 1. The van der Waals surface area contributed by atoms with Gasteiger partial charge in [-0.1, -0.05) is 39.3 Å². The van der Waals surface area contributed by atoms with Crippen LogP contribution in [0.15, 0.2) is 12.2 Å². The van der Waals surface area contributed by atoms with Crippen LogP contribution in [0.2, 0.25) is 0 Å². The van der Waals surface area contributed by atoms with Gasteiger partial charge in [-0.15, -0.1) is 0 Å². The van der Waals surface area contributed by atoms with E-state index in [0.717, 1.165) is 32.1 Å². The van der Waals surface area contributed by atoms with Crippen molar-refractivity contribution in [2.75, 3.05) is 6.61 Å². The first-order valence-corrected chi connectivity index (χ1v) is 9.23. The minimum atomic E-state index is -0.699. The van der Waals surface area contributed by atoms with Gasteiger partial charge in [0.2, 0.25) is 0 Å². The summed E-state index contributed by atoms with van der Waals surface area (Å²) in [4.78, 5) is 10.9. The molecule has 0 aromatic carbocycles. The van der Waals surface area contributed by atoms with Gasteiger partial charge in [-0.05, 0) is 67.1 Å². The van der Waals surface area contributed by atoms with Crippen LogP contribution >= 0.6 is 0 Å². The molecule has 0 saturated heterocycles. The summed E-state index contributed by atoms with van der Waals surface area (Å²) in [5.74, 6) is 0.550. The number of fused-ring (bicyclic) bond motifs is 1. The second-order valence-electron chi connectivity index (χ2n) is 8.75. The molecule has 0 aromatic heterocycles. The van der Waals surface area contributed by atoms with Crippen LogP contribution in [0.25, 0.3) is 0 Å². The van der Waals surface area contributed by atoms with Crippen molar-refractivity contribution in [2.45, 2.75) is 72.1 Å². The predicted molar refractivity (Wildman–Crippen MR) is 93.2 cm³/mol. The molecule has 3 heteroatoms. The van der Waals surface area contributed by atoms with Gasteiger partial charge in [-0.2, -0.15) is 0 Å². The third kappa shape index (κ3) is 3.65. The fraction of sp³-hybridized carbons (Fsp3) is 0.850. The fourth-order valence-electron chi connectivity index (χ4n) is 5.66. The molecular weight excluding hydrogens is 288 g/mol. The maximum absolute atomic E-state index is 10.9. The second-order valence-corrected chi connectivity index (χ2v) is 8.75. The summed E-state index contributed by atoms with van der Waals surface area (Å²) in [5.41, 5.74) is 1.61. The highest BCUT2D eigenvalue weighted by atomic mass is 16.4. The van der Waals surface area contributed by atoms with Gasteiger partial charge in [0.15, 0.2) is 0 Å². The van der Waals surface area contributed by atoms with Crippen molar-refractivity contribution in [1.29, 1.82) is 0 Å². The highest BCUT2D eigenvalue weighted by Gasteiger charge is 2.53. The third-order valence-corrected chi connectivity index (χ3v) is 6.98. The van der Waals surface area contributed by atoms with Gasteiger partial charge in [0.05, 0.1) is 0 Å². The summed E-state index contributed by atoms with van der Waals surface area (Å²) in [6.45, 7) is 11.3. The smallest absolute Gasteiger partial charge is 0.303 e. The summed E-state index contributed by atoms with van der Waals surface area (Å²) in [7, 11) is 0. The molecule has 0 bridgehead atoms. The van der Waals surface area contributed by atoms with Crippen molar-refractivity contribution < 1.29 is 15.0 Å². The van der Waals surface area contributed by atoms with Crippen LogP contribution < -0.4 is 0 Å². The molecule has 2 aliphatic rings. The van der Waals surface area contributed by atoms with Gasteiger partial charge >= 0.3 is 5.97 Å². The molecule has 132 valence electrons. The van der Waals surface area contributed by atoms with E-state index < -0.39 is 5.97 Å². The van der Waals surface area contributed by atoms with Crippen molar-refractivity contribution >= 4 is 5.97 Å². The molecule has 0 spiro atoms. The first kappa shape index (κ1) is 18.5. The molecule has 0 aromatic rings. The molecule has 5 atom stereocenters. The van der Waals surface area contributed by atoms with Crippen LogP contribution in [0, 0.1) is 28.6 Å². The number of carboxylic acid groups (broad SMARTS) is 1. The van der Waals surface area contributed by atoms with E-state index in [4.69, 9.17) is 5.11 Å². The summed E-state index contributed by atoms with van der Waals surface area (Å²) in [5, 5.41) is 19.0. The number of hydrogen-bond donors (Lipinski definition) is 2. The predicted octanol–water partition coefficient (Wildman–Crippen LogP) is 4.65. The number of carboxylic acids is 1. The molecule has 2 fully saturated rings. The van der Waals surface area contributed by atoms with Crippen molar-refractivity contribution in [3.63, 3.8) is 0 Å². The van der Waals surface area contributed by atoms with Gasteiger partial charge in [-0.25, -0.2) is 0 Å². The number of carbonyl (C=O) groups is 1. The maximum Gasteiger partial charge on any atom is 0.303 e. The number of aliphatic hydroxyl groups excluding tert-OH is 1. The second kappa shape index (κ2) is 6.96. The summed E-state index contributed by atoms with van der Waals surface area (Å²) >= 11 is 0. The zero-order valence-electron chi connectivity index (χ0n) is 15.1. The van der Waals surface area contributed by atoms with Gasteiger partial charge in [0.25, 0.3) is 0 Å². The van der Waals surface area contributed by atoms with Gasteiger partial charge in [-0.3, -0.25) is 4.79 Å². The molecule has 2 rings (SSSR count). The Hall–Kier alpha value is -0.830. The van der Waals surface area contributed by atoms with E-state index in [2.05, 4.69) is 20.4 Å². The average molecular weight is 322 g/mol. The Morgan fingerprint density at radius 2 is 2.09 bits per heavy atom. The first-order valence-electron chi connectivity index (χ1n) is 9.23. The van der Waals surface area contributed by atoms with E-state index >= 15 is 0 Å². The Labute approximate surface area is 141 Å². The molecule has 0 radical (unpaired) electrons. The molecular formula is C20H34O3. The minimum absolute atomic E-state index is 0.0403. The summed E-state index contributed by atoms with van der Waals surface area (Å²) in [6.07, 6.45) is 7.98. The third-order valence-electron chi connectivity index (χ3n) is 6.98. The minimum Gasteiger partial charge on any atom is -0.481 e. The number of aliphatic carboxylic acids is 1. The number of hydrogen-bond acceptors (Lipinski definition) is 2. The molecule has 2 saturated carbocycles. The zero-order valence-corrected chi connectivity index (χ0v) is 15.1. The van der Waals surface area contributed by atoms with Crippen molar-refractivity contribution in [3.05, 3.63) is 12.2 Å². The van der Waals surface area contributed by atoms with Gasteiger partial charge in [0.1, 0.15) is 0 Å². The molecule has 2 unspecified atom stereocenters. The van der Waals surface area contributed by atoms with Gasteiger partial charge < -0.3 is 10.2 Å². The summed E-state index contributed by atoms with van der Waals surface area (Å²) < 4.78 is 0. The van der Waals surface area contributed by atoms with E-state index in [1.165, 1.54) is 18.4 Å². The Kier molecular flexibility index (Phi) is 5.60. The van der Waals surface area contributed by atoms with Crippen LogP contribution in [0.3, 0.4) is 0 Å². The molecule has 0 aliphatic heterocycles. The highest BCUT2D eigenvalue weighted by Crippen LogP contribution is 2.61. The first-order chi connectivity index (χ1) is 10.7. The normalized spacial score (nSPS) is 38.9. The van der Waals surface area contributed by atoms with Crippen LogP contribution in [0.5, 0.6) is 0 Å². The van der Waals surface area contributed by atoms with E-state index in [1.807, 2.05) is 6.92 Å². The van der Waals surface area contributed by atoms with E-state index in [-0.39, 0.29) is 29.8 Å². The molecule has 0 amide bonds. The largest absolute Gasteiger partial charge is 0.481 e. The number of rotatable bonds is 6. The molecule has 2 N–H and O–H groups in total. The lowest BCUT2D eigenvalue weighted by atomic mass is 9.46.